The summed E-state index contributed by atoms with van der Waals surface area (Å²) in [6, 6.07) is -0.933. The summed E-state index contributed by atoms with van der Waals surface area (Å²) in [6.07, 6.45) is 36.7. The Labute approximate surface area is 436 Å². The van der Waals surface area contributed by atoms with Gasteiger partial charge in [-0.15, -0.1) is 0 Å². The number of aliphatic hydroxyl groups is 8. The Kier molecular flexibility index (Phi) is 40.9. The van der Waals surface area contributed by atoms with Gasteiger partial charge in [0.05, 0.1) is 32.0 Å². The molecular formula is C58H107NO13. The molecule has 2 saturated heterocycles. The maximum absolute atomic E-state index is 13.1. The number of ether oxygens (including phenoxy) is 4. The van der Waals surface area contributed by atoms with E-state index in [9.17, 15) is 45.6 Å². The van der Waals surface area contributed by atoms with Crippen molar-refractivity contribution in [3.05, 3.63) is 36.5 Å². The highest BCUT2D eigenvalue weighted by atomic mass is 16.7. The van der Waals surface area contributed by atoms with Crippen molar-refractivity contribution in [3.63, 3.8) is 0 Å². The van der Waals surface area contributed by atoms with Crippen LogP contribution in [0.4, 0.5) is 0 Å². The lowest BCUT2D eigenvalue weighted by molar-refractivity contribution is -0.359. The van der Waals surface area contributed by atoms with Gasteiger partial charge in [0.15, 0.2) is 12.6 Å². The molecule has 0 aromatic carbocycles. The standard InChI is InChI=1S/C58H107NO13/c1-3-5-7-9-11-13-14-15-16-17-18-19-20-21-22-23-24-25-26-27-28-29-30-31-32-33-34-35-37-39-41-47(62)46(59-50(63)42-40-38-36-12-10-8-6-4-2)45-69-57-55(68)53(66)56(49(44-61)71-57)72-58-54(67)52(65)51(64)48(43-60)70-58/h29-30,33-34,39,41,46-49,51-58,60-62,64-68H,3-28,31-32,35-38,40,42-45H2,1-2H3,(H,59,63)/b30-29+,34-33+,41-39+. The van der Waals surface area contributed by atoms with Gasteiger partial charge < -0.3 is 65.1 Å². The fourth-order valence-electron chi connectivity index (χ4n) is 9.56. The summed E-state index contributed by atoms with van der Waals surface area (Å²) < 4.78 is 22.7. The molecule has 2 fully saturated rings. The molecule has 2 aliphatic heterocycles. The Morgan fingerprint density at radius 1 is 0.486 bits per heavy atom. The summed E-state index contributed by atoms with van der Waals surface area (Å²) >= 11 is 0. The summed E-state index contributed by atoms with van der Waals surface area (Å²) in [5.74, 6) is -0.258. The first kappa shape index (κ1) is 66.3. The highest BCUT2D eigenvalue weighted by molar-refractivity contribution is 5.76. The molecule has 12 atom stereocenters. The number of carbonyl (C=O) groups is 1. The summed E-state index contributed by atoms with van der Waals surface area (Å²) in [7, 11) is 0. The molecule has 2 aliphatic rings. The van der Waals surface area contributed by atoms with Crippen LogP contribution in [0.2, 0.25) is 0 Å². The number of amides is 1. The maximum Gasteiger partial charge on any atom is 0.220 e. The maximum atomic E-state index is 13.1. The van der Waals surface area contributed by atoms with E-state index in [1.807, 2.05) is 6.08 Å². The van der Waals surface area contributed by atoms with Crippen LogP contribution in [0.5, 0.6) is 0 Å². The molecule has 9 N–H and O–H groups in total. The topological polar surface area (TPSA) is 228 Å². The Morgan fingerprint density at radius 2 is 0.889 bits per heavy atom. The Balaban J connectivity index is 1.68. The third kappa shape index (κ3) is 30.1. The molecule has 1 amide bonds. The monoisotopic (exact) mass is 1030 g/mol. The average molecular weight is 1030 g/mol. The van der Waals surface area contributed by atoms with Crippen molar-refractivity contribution in [2.24, 2.45) is 0 Å². The van der Waals surface area contributed by atoms with Gasteiger partial charge in [-0.2, -0.15) is 0 Å². The molecule has 422 valence electrons. The minimum absolute atomic E-state index is 0.258. The smallest absolute Gasteiger partial charge is 0.220 e. The van der Waals surface area contributed by atoms with E-state index in [2.05, 4.69) is 43.5 Å². The van der Waals surface area contributed by atoms with Crippen molar-refractivity contribution < 1.29 is 64.6 Å². The molecular weight excluding hydrogens is 919 g/mol. The van der Waals surface area contributed by atoms with Gasteiger partial charge in [0.2, 0.25) is 5.91 Å². The van der Waals surface area contributed by atoms with Gasteiger partial charge in [0.25, 0.3) is 0 Å². The first-order valence-electron chi connectivity index (χ1n) is 29.2. The van der Waals surface area contributed by atoms with Crippen molar-refractivity contribution in [1.29, 1.82) is 0 Å². The Hall–Kier alpha value is -1.79. The number of nitrogens with one attached hydrogen (secondary N) is 1. The van der Waals surface area contributed by atoms with Crippen molar-refractivity contribution in [3.8, 4) is 0 Å². The van der Waals surface area contributed by atoms with Gasteiger partial charge in [-0.25, -0.2) is 0 Å². The Bertz CT molecular complexity index is 1350. The van der Waals surface area contributed by atoms with Crippen LogP contribution < -0.4 is 5.32 Å². The Morgan fingerprint density at radius 3 is 1.36 bits per heavy atom. The molecule has 0 radical (unpaired) electrons. The van der Waals surface area contributed by atoms with Crippen molar-refractivity contribution >= 4 is 5.91 Å². The highest BCUT2D eigenvalue weighted by Crippen LogP contribution is 2.30. The van der Waals surface area contributed by atoms with E-state index in [0.717, 1.165) is 44.9 Å². The van der Waals surface area contributed by atoms with Crippen LogP contribution in [0.15, 0.2) is 36.5 Å². The van der Waals surface area contributed by atoms with Crippen LogP contribution in [0, 0.1) is 0 Å². The first-order valence-corrected chi connectivity index (χ1v) is 29.2. The van der Waals surface area contributed by atoms with Crippen LogP contribution >= 0.6 is 0 Å². The SMILES string of the molecule is CCCCCCCCCCCCCCCCCCCCCC/C=C/CC/C=C/CC/C=C/C(O)C(COC1OC(CO)C(OC2OC(CO)C(O)C(O)C2O)C(O)C1O)NC(=O)CCCCCCCCCC. The van der Waals surface area contributed by atoms with Crippen LogP contribution in [0.3, 0.4) is 0 Å². The van der Waals surface area contributed by atoms with Crippen molar-refractivity contribution in [2.45, 2.75) is 306 Å². The number of hydrogen-bond acceptors (Lipinski definition) is 13. The largest absolute Gasteiger partial charge is 0.394 e. The van der Waals surface area contributed by atoms with Gasteiger partial charge in [0.1, 0.15) is 48.8 Å². The van der Waals surface area contributed by atoms with Crippen molar-refractivity contribution in [2.75, 3.05) is 19.8 Å². The summed E-state index contributed by atoms with van der Waals surface area (Å²) in [4.78, 5) is 13.1. The molecule has 0 saturated carbocycles. The number of hydrogen-bond donors (Lipinski definition) is 9. The molecule has 72 heavy (non-hydrogen) atoms. The molecule has 14 heteroatoms. The first-order chi connectivity index (χ1) is 35.1. The number of unbranched alkanes of at least 4 members (excludes halogenated alkanes) is 29. The van der Waals surface area contributed by atoms with Gasteiger partial charge in [0, 0.05) is 6.42 Å². The fraction of sp³-hybridized carbons (Fsp3) is 0.879. The predicted molar refractivity (Wildman–Crippen MR) is 286 cm³/mol. The van der Waals surface area contributed by atoms with E-state index in [1.165, 1.54) is 154 Å². The quantitative estimate of drug-likeness (QED) is 0.0205. The van der Waals surface area contributed by atoms with Crippen LogP contribution in [-0.2, 0) is 23.7 Å². The van der Waals surface area contributed by atoms with E-state index in [-0.39, 0.29) is 18.9 Å². The summed E-state index contributed by atoms with van der Waals surface area (Å²) in [5, 5.41) is 86.7. The second kappa shape index (κ2) is 44.3. The molecule has 0 aromatic heterocycles. The molecule has 14 nitrogen and oxygen atoms in total. The zero-order valence-electron chi connectivity index (χ0n) is 45.2. The van der Waals surface area contributed by atoms with Crippen LogP contribution in [0.1, 0.15) is 232 Å². The second-order valence-electron chi connectivity index (χ2n) is 20.8. The molecule has 0 spiro atoms. The third-order valence-corrected chi connectivity index (χ3v) is 14.3. The van der Waals surface area contributed by atoms with Gasteiger partial charge in [-0.05, 0) is 44.9 Å². The molecule has 0 aliphatic carbocycles. The zero-order chi connectivity index (χ0) is 52.4. The van der Waals surface area contributed by atoms with E-state index < -0.39 is 86.8 Å². The predicted octanol–water partition coefficient (Wildman–Crippen LogP) is 9.44. The number of allylic oxidation sites excluding steroid dienone is 5. The fourth-order valence-corrected chi connectivity index (χ4v) is 9.56. The minimum Gasteiger partial charge on any atom is -0.394 e. The van der Waals surface area contributed by atoms with E-state index >= 15 is 0 Å². The molecule has 0 aromatic rings. The van der Waals surface area contributed by atoms with Crippen molar-refractivity contribution in [1.82, 2.24) is 5.32 Å². The summed E-state index contributed by atoms with van der Waals surface area (Å²) in [6.45, 7) is 2.73. The van der Waals surface area contributed by atoms with E-state index in [1.54, 1.807) is 6.08 Å². The van der Waals surface area contributed by atoms with E-state index in [4.69, 9.17) is 18.9 Å². The van der Waals surface area contributed by atoms with E-state index in [0.29, 0.717) is 12.8 Å². The summed E-state index contributed by atoms with van der Waals surface area (Å²) in [5.41, 5.74) is 0. The number of rotatable bonds is 46. The third-order valence-electron chi connectivity index (χ3n) is 14.3. The highest BCUT2D eigenvalue weighted by Gasteiger charge is 2.51. The number of aliphatic hydroxyl groups excluding tert-OH is 8. The number of carbonyl (C=O) groups excluding carboxylic acids is 1. The molecule has 12 unspecified atom stereocenters. The van der Waals surface area contributed by atoms with Gasteiger partial charge in [-0.3, -0.25) is 4.79 Å². The van der Waals surface area contributed by atoms with Gasteiger partial charge in [-0.1, -0.05) is 217 Å². The lowest BCUT2D eigenvalue weighted by Gasteiger charge is -2.46. The van der Waals surface area contributed by atoms with Crippen LogP contribution in [0.25, 0.3) is 0 Å². The zero-order valence-corrected chi connectivity index (χ0v) is 45.2. The lowest BCUT2D eigenvalue weighted by atomic mass is 9.97. The molecule has 2 rings (SSSR count). The normalized spacial score (nSPS) is 25.8. The lowest BCUT2D eigenvalue weighted by Crippen LogP contribution is -2.65. The second-order valence-corrected chi connectivity index (χ2v) is 20.8. The molecule has 2 heterocycles. The van der Waals surface area contributed by atoms with Gasteiger partial charge >= 0.3 is 0 Å². The minimum atomic E-state index is -1.79. The average Bonchev–Trinajstić information content (AvgIpc) is 3.38. The van der Waals surface area contributed by atoms with Crippen LogP contribution in [-0.4, -0.2) is 140 Å². The molecule has 0 bridgehead atoms.